The molecule has 0 aliphatic heterocycles. The van der Waals surface area contributed by atoms with Crippen molar-refractivity contribution in [3.8, 4) is 0 Å². The van der Waals surface area contributed by atoms with E-state index in [0.29, 0.717) is 7.76 Å². The Labute approximate surface area is 286 Å². The first kappa shape index (κ1) is 34.6. The van der Waals surface area contributed by atoms with Gasteiger partial charge in [0.2, 0.25) is 0 Å². The van der Waals surface area contributed by atoms with E-state index in [2.05, 4.69) is 9.44 Å². The van der Waals surface area contributed by atoms with E-state index in [-0.39, 0.29) is 22.6 Å². The number of halogens is 4. The minimum atomic E-state index is -5.42. The van der Waals surface area contributed by atoms with Gasteiger partial charge in [-0.1, -0.05) is 0 Å². The standard InChI is InChI=1S/2C13H10F2NO2S.2C5H5.Ti/c2*1-9-2-5-11(6-3-9)19(17,18)16-13-7-4-10(14)8-12(13)15;2*1-2-4-5-3-1;/h2*2-7,16H,1H3;2*1-3H,4H2;. The molecule has 252 valence electrons. The van der Waals surface area contributed by atoms with E-state index in [1.165, 1.54) is 24.3 Å². The van der Waals surface area contributed by atoms with Crippen molar-refractivity contribution < 1.29 is 51.0 Å². The monoisotopic (exact) mass is 742 g/mol. The van der Waals surface area contributed by atoms with E-state index in [1.54, 1.807) is 74.6 Å². The molecule has 0 fully saturated rings. The summed E-state index contributed by atoms with van der Waals surface area (Å²) in [4.78, 5) is -0.348. The SMILES string of the molecule is Cc1ccc(S(=O)(=O)Nc2ccc(F)[c]([Ti]([C]3=CC=CC3)([C]3=CC=CC3)[c]3c(F)ccc(NS(=O)(=O)c4ccc(C)cc4)c3F)c2F)cc1. The molecule has 49 heavy (non-hydrogen) atoms. The topological polar surface area (TPSA) is 92.3 Å². The molecule has 6 rings (SSSR count). The van der Waals surface area contributed by atoms with Crippen molar-refractivity contribution in [1.82, 2.24) is 0 Å². The third kappa shape index (κ3) is 6.34. The molecule has 0 heterocycles. The molecule has 0 amide bonds. The predicted molar refractivity (Wildman–Crippen MR) is 180 cm³/mol. The van der Waals surface area contributed by atoms with Crippen molar-refractivity contribution in [2.75, 3.05) is 9.44 Å². The number of aryl methyl sites for hydroxylation is 2. The summed E-state index contributed by atoms with van der Waals surface area (Å²) in [6.45, 7) is 3.53. The summed E-state index contributed by atoms with van der Waals surface area (Å²) in [6, 6.07) is 15.2. The quantitative estimate of drug-likeness (QED) is 0.132. The Hall–Kier alpha value is -4.23. The van der Waals surface area contributed by atoms with E-state index in [4.69, 9.17) is 0 Å². The normalized spacial score (nSPS) is 14.6. The Morgan fingerprint density at radius 1 is 0.551 bits per heavy atom. The van der Waals surface area contributed by atoms with Gasteiger partial charge in [-0.15, -0.1) is 0 Å². The molecule has 2 N–H and O–H groups in total. The molecule has 0 radical (unpaired) electrons. The zero-order valence-electron chi connectivity index (χ0n) is 26.3. The van der Waals surface area contributed by atoms with Crippen LogP contribution in [-0.4, -0.2) is 16.8 Å². The fraction of sp³-hybridized carbons (Fsp3) is 0.111. The van der Waals surface area contributed by atoms with E-state index < -0.39 is 79.0 Å². The fourth-order valence-electron chi connectivity index (χ4n) is 6.22. The van der Waals surface area contributed by atoms with Gasteiger partial charge in [-0.3, -0.25) is 0 Å². The molecular weight excluding hydrogens is 712 g/mol. The number of nitrogens with one attached hydrogen (secondary N) is 2. The predicted octanol–water partition coefficient (Wildman–Crippen LogP) is 7.25. The first-order valence-corrected chi connectivity index (χ1v) is 21.2. The number of benzene rings is 4. The second-order valence-electron chi connectivity index (χ2n) is 11.8. The van der Waals surface area contributed by atoms with E-state index in [1.807, 2.05) is 0 Å². The number of anilines is 2. The molecule has 0 saturated heterocycles. The van der Waals surface area contributed by atoms with Crippen LogP contribution in [0.5, 0.6) is 0 Å². The molecule has 4 aromatic rings. The molecule has 0 unspecified atom stereocenters. The third-order valence-electron chi connectivity index (χ3n) is 8.59. The van der Waals surface area contributed by atoms with Gasteiger partial charge in [0.25, 0.3) is 0 Å². The summed E-state index contributed by atoms with van der Waals surface area (Å²) in [7, 11) is -8.75. The molecule has 0 atom stereocenters. The molecule has 2 aliphatic rings. The van der Waals surface area contributed by atoms with Crippen LogP contribution in [0.3, 0.4) is 0 Å². The van der Waals surface area contributed by atoms with Gasteiger partial charge >= 0.3 is 287 Å². The molecule has 0 bridgehead atoms. The number of hydrogen-bond donors (Lipinski definition) is 2. The number of rotatable bonds is 10. The summed E-state index contributed by atoms with van der Waals surface area (Å²) in [5.41, 5.74) is 0.358. The summed E-state index contributed by atoms with van der Waals surface area (Å²) in [5, 5.41) is 0. The average molecular weight is 743 g/mol. The van der Waals surface area contributed by atoms with Crippen molar-refractivity contribution in [3.63, 3.8) is 0 Å². The molecule has 4 aromatic carbocycles. The summed E-state index contributed by atoms with van der Waals surface area (Å²) < 4.78 is 124. The van der Waals surface area contributed by atoms with Crippen molar-refractivity contribution in [1.29, 1.82) is 0 Å². The van der Waals surface area contributed by atoms with E-state index >= 15 is 17.6 Å². The van der Waals surface area contributed by atoms with Crippen LogP contribution in [-0.2, 0) is 36.6 Å². The van der Waals surface area contributed by atoms with Gasteiger partial charge < -0.3 is 0 Å². The van der Waals surface area contributed by atoms with Crippen LogP contribution in [0, 0.1) is 37.1 Å². The van der Waals surface area contributed by atoms with E-state index in [0.717, 1.165) is 35.4 Å². The van der Waals surface area contributed by atoms with Crippen molar-refractivity contribution in [2.24, 2.45) is 0 Å². The zero-order valence-corrected chi connectivity index (χ0v) is 29.5. The Bertz CT molecular complexity index is 2150. The van der Waals surface area contributed by atoms with Crippen LogP contribution < -0.4 is 17.2 Å². The fourth-order valence-corrected chi connectivity index (χ4v) is 16.6. The Kier molecular flexibility index (Phi) is 9.36. The van der Waals surface area contributed by atoms with Crippen LogP contribution in [0.15, 0.2) is 127 Å². The summed E-state index contributed by atoms with van der Waals surface area (Å²) in [5.74, 6) is -4.89. The molecule has 0 saturated carbocycles. The molecule has 6 nitrogen and oxygen atoms in total. The van der Waals surface area contributed by atoms with Crippen molar-refractivity contribution in [3.05, 3.63) is 151 Å². The Balaban J connectivity index is 1.60. The number of sulfonamides is 2. The van der Waals surface area contributed by atoms with Crippen LogP contribution in [0.2, 0.25) is 0 Å². The van der Waals surface area contributed by atoms with Gasteiger partial charge in [0.05, 0.1) is 0 Å². The van der Waals surface area contributed by atoms with Gasteiger partial charge in [-0.05, 0) is 0 Å². The first-order chi connectivity index (χ1) is 23.3. The molecule has 0 aromatic heterocycles. The maximum atomic E-state index is 17.0. The van der Waals surface area contributed by atoms with Crippen molar-refractivity contribution in [2.45, 2.75) is 36.5 Å². The Morgan fingerprint density at radius 2 is 0.918 bits per heavy atom. The molecule has 13 heteroatoms. The van der Waals surface area contributed by atoms with Crippen molar-refractivity contribution >= 4 is 39.2 Å². The summed E-state index contributed by atoms with van der Waals surface area (Å²) >= 11 is -5.42. The van der Waals surface area contributed by atoms with Crippen LogP contribution in [0.4, 0.5) is 28.9 Å². The second kappa shape index (κ2) is 13.2. The average Bonchev–Trinajstić information content (AvgIpc) is 3.80. The minimum absolute atomic E-state index is 0.105. The van der Waals surface area contributed by atoms with Crippen LogP contribution in [0.1, 0.15) is 24.0 Å². The number of hydrogen-bond acceptors (Lipinski definition) is 4. The Morgan fingerprint density at radius 3 is 1.24 bits per heavy atom. The van der Waals surface area contributed by atoms with Crippen LogP contribution in [0.25, 0.3) is 0 Å². The molecule has 2 aliphatic carbocycles. The molecular formula is C36H30F4N2O4S2Ti. The number of allylic oxidation sites excluding steroid dienone is 8. The second-order valence-corrected chi connectivity index (χ2v) is 21.1. The van der Waals surface area contributed by atoms with E-state index in [9.17, 15) is 16.8 Å². The van der Waals surface area contributed by atoms with Gasteiger partial charge in [-0.25, -0.2) is 0 Å². The zero-order chi connectivity index (χ0) is 35.1. The van der Waals surface area contributed by atoms with Gasteiger partial charge in [-0.2, -0.15) is 0 Å². The molecule has 0 spiro atoms. The van der Waals surface area contributed by atoms with Gasteiger partial charge in [0, 0.05) is 0 Å². The van der Waals surface area contributed by atoms with Gasteiger partial charge in [0.15, 0.2) is 0 Å². The van der Waals surface area contributed by atoms with Gasteiger partial charge in [0.1, 0.15) is 0 Å². The third-order valence-corrected chi connectivity index (χ3v) is 19.3. The van der Waals surface area contributed by atoms with Crippen LogP contribution >= 0.6 is 0 Å². The first-order valence-electron chi connectivity index (χ1n) is 15.1. The maximum absolute atomic E-state index is 17.0. The summed E-state index contributed by atoms with van der Waals surface area (Å²) in [6.07, 6.45) is 9.99.